The molecule has 0 atom stereocenters. The van der Waals surface area contributed by atoms with E-state index in [0.717, 1.165) is 0 Å². The minimum Gasteiger partial charge on any atom is -0.120 e. The molecule has 4 heteroatoms. The van der Waals surface area contributed by atoms with Crippen molar-refractivity contribution >= 4 is 50.6 Å². The van der Waals surface area contributed by atoms with Crippen LogP contribution in [0.4, 0.5) is 0 Å². The molecule has 0 aliphatic rings. The van der Waals surface area contributed by atoms with E-state index in [-0.39, 0.29) is 5.34 Å². The van der Waals surface area contributed by atoms with Gasteiger partial charge in [-0.3, -0.25) is 0 Å². The fourth-order valence-electron chi connectivity index (χ4n) is 0. The van der Waals surface area contributed by atoms with Crippen molar-refractivity contribution in [2.75, 3.05) is 5.34 Å². The Hall–Kier alpha value is 1.53. The third kappa shape index (κ3) is 138. The van der Waals surface area contributed by atoms with Gasteiger partial charge in [-0.1, -0.05) is 19.6 Å². The summed E-state index contributed by atoms with van der Waals surface area (Å²) in [4.78, 5) is 0. The lowest BCUT2D eigenvalue weighted by atomic mass is 11.8. The van der Waals surface area contributed by atoms with Crippen molar-refractivity contribution in [3.63, 3.8) is 0 Å². The highest BCUT2D eigenvalue weighted by atomic mass is 127. The first-order chi connectivity index (χ1) is 3.41. The van der Waals surface area contributed by atoms with Crippen molar-refractivity contribution in [1.29, 1.82) is 0 Å². The first-order valence-corrected chi connectivity index (χ1v) is 9.91. The summed E-state index contributed by atoms with van der Waals surface area (Å²) in [7, 11) is 0. The molecule has 0 aliphatic carbocycles. The maximum absolute atomic E-state index is 4.76. The fraction of sp³-hybridized carbons (Fsp3) is 1.00. The molecule has 0 aromatic heterocycles. The highest BCUT2D eigenvalue weighted by Gasteiger charge is 2.02. The van der Waals surface area contributed by atoms with Gasteiger partial charge in [0.15, 0.2) is 0 Å². The Kier molecular flexibility index (Phi) is 10.2. The molecule has 8 heavy (non-hydrogen) atoms. The van der Waals surface area contributed by atoms with Gasteiger partial charge >= 0.3 is 0 Å². The fourth-order valence-corrected chi connectivity index (χ4v) is 0. The molecule has 0 saturated carbocycles. The predicted octanol–water partition coefficient (Wildman–Crippen LogP) is 3.68. The molecule has 0 heterocycles. The van der Waals surface area contributed by atoms with E-state index in [1.54, 1.807) is 0 Å². The monoisotopic (exact) mass is 284 g/mol. The van der Waals surface area contributed by atoms with Crippen molar-refractivity contribution < 1.29 is 0 Å². The normalized spacial score (nSPS) is 9.75. The van der Waals surface area contributed by atoms with E-state index < -0.39 is 5.57 Å². The topological polar surface area (TPSA) is 0 Å². The largest absolute Gasteiger partial charge is 0.120 e. The lowest BCUT2D eigenvalue weighted by Crippen LogP contribution is -2.05. The van der Waals surface area contributed by atoms with E-state index in [9.17, 15) is 0 Å². The van der Waals surface area contributed by atoms with Crippen LogP contribution in [0.3, 0.4) is 0 Å². The molecule has 0 bridgehead atoms. The number of hydrogen-bond donors (Lipinski definition) is 0. The lowest BCUT2D eigenvalue weighted by Gasteiger charge is -1.98. The SMILES string of the molecule is C[Si](C)(C)I.ClCCl. The van der Waals surface area contributed by atoms with Crippen molar-refractivity contribution in [2.45, 2.75) is 19.6 Å². The van der Waals surface area contributed by atoms with Crippen LogP contribution in [0.5, 0.6) is 0 Å². The Bertz CT molecular complexity index is 37.8. The zero-order valence-corrected chi connectivity index (χ0v) is 10.0. The average molecular weight is 285 g/mol. The molecule has 0 N–H and O–H groups in total. The van der Waals surface area contributed by atoms with Gasteiger partial charge in [0, 0.05) is 0 Å². The van der Waals surface area contributed by atoms with Crippen LogP contribution in [0, 0.1) is 0 Å². The number of hydrogen-bond acceptors (Lipinski definition) is 0. The molecule has 0 aromatic carbocycles. The maximum Gasteiger partial charge on any atom is 0.116 e. The summed E-state index contributed by atoms with van der Waals surface area (Å²) in [6, 6.07) is 0. The van der Waals surface area contributed by atoms with Crippen LogP contribution in [0.1, 0.15) is 0 Å². The highest BCUT2D eigenvalue weighted by Crippen LogP contribution is 2.08. The molecule has 0 saturated heterocycles. The van der Waals surface area contributed by atoms with Crippen molar-refractivity contribution in [1.82, 2.24) is 0 Å². The van der Waals surface area contributed by atoms with Gasteiger partial charge in [0.25, 0.3) is 0 Å². The summed E-state index contributed by atoms with van der Waals surface area (Å²) in [5, 5.41) is 0.194. The smallest absolute Gasteiger partial charge is 0.116 e. The lowest BCUT2D eigenvalue weighted by molar-refractivity contribution is 1.90. The van der Waals surface area contributed by atoms with Gasteiger partial charge in [0.1, 0.15) is 5.57 Å². The summed E-state index contributed by atoms with van der Waals surface area (Å²) < 4.78 is 0. The minimum atomic E-state index is -0.641. The quantitative estimate of drug-likeness (QED) is 0.276. The summed E-state index contributed by atoms with van der Waals surface area (Å²) >= 11 is 12.0. The molecule has 0 nitrogen and oxygen atoms in total. The van der Waals surface area contributed by atoms with Gasteiger partial charge in [-0.05, 0) is 0 Å². The van der Waals surface area contributed by atoms with Crippen LogP contribution in [-0.4, -0.2) is 10.9 Å². The van der Waals surface area contributed by atoms with Gasteiger partial charge in [-0.2, -0.15) is 0 Å². The van der Waals surface area contributed by atoms with Crippen LogP contribution in [-0.2, 0) is 0 Å². The van der Waals surface area contributed by atoms with E-state index >= 15 is 0 Å². The average Bonchev–Trinajstić information content (AvgIpc) is 1.27. The summed E-state index contributed by atoms with van der Waals surface area (Å²) in [6.45, 7) is 6.94. The first kappa shape index (κ1) is 12.2. The Morgan fingerprint density at radius 3 is 1.25 bits per heavy atom. The van der Waals surface area contributed by atoms with Gasteiger partial charge in [-0.25, -0.2) is 0 Å². The second-order valence-corrected chi connectivity index (χ2v) is 16.8. The first-order valence-electron chi connectivity index (χ1n) is 2.22. The van der Waals surface area contributed by atoms with E-state index in [2.05, 4.69) is 41.4 Å². The Labute approximate surface area is 75.2 Å². The molecule has 0 aromatic rings. The number of rotatable bonds is 0. The van der Waals surface area contributed by atoms with Crippen molar-refractivity contribution in [3.05, 3.63) is 0 Å². The second kappa shape index (κ2) is 6.64. The van der Waals surface area contributed by atoms with E-state index in [1.165, 1.54) is 0 Å². The third-order valence-corrected chi connectivity index (χ3v) is 0. The highest BCUT2D eigenvalue weighted by molar-refractivity contribution is 14.1. The molecule has 0 amide bonds. The molecule has 0 radical (unpaired) electrons. The molecular weight excluding hydrogens is 274 g/mol. The maximum atomic E-state index is 4.76. The number of alkyl halides is 2. The van der Waals surface area contributed by atoms with E-state index in [0.29, 0.717) is 0 Å². The van der Waals surface area contributed by atoms with E-state index in [1.807, 2.05) is 0 Å². The van der Waals surface area contributed by atoms with Gasteiger partial charge < -0.3 is 0 Å². The number of halogens is 3. The van der Waals surface area contributed by atoms with Gasteiger partial charge in [0.05, 0.1) is 5.34 Å². The van der Waals surface area contributed by atoms with Gasteiger partial charge in [0.2, 0.25) is 0 Å². The van der Waals surface area contributed by atoms with Crippen LogP contribution in [0.2, 0.25) is 19.6 Å². The summed E-state index contributed by atoms with van der Waals surface area (Å²) in [5.41, 5.74) is -0.641. The zero-order valence-electron chi connectivity index (χ0n) is 5.34. The van der Waals surface area contributed by atoms with Crippen LogP contribution in [0.15, 0.2) is 0 Å². The van der Waals surface area contributed by atoms with Crippen LogP contribution < -0.4 is 0 Å². The van der Waals surface area contributed by atoms with Crippen LogP contribution in [0.25, 0.3) is 0 Å². The predicted molar refractivity (Wildman–Crippen MR) is 53.9 cm³/mol. The molecule has 0 spiro atoms. The van der Waals surface area contributed by atoms with E-state index in [4.69, 9.17) is 23.2 Å². The second-order valence-electron chi connectivity index (χ2n) is 2.17. The molecule has 52 valence electrons. The third-order valence-electron chi connectivity index (χ3n) is 0. The minimum absolute atomic E-state index is 0.194. The molecule has 0 fully saturated rings. The molecule has 0 rings (SSSR count). The van der Waals surface area contributed by atoms with Crippen molar-refractivity contribution in [2.24, 2.45) is 0 Å². The summed E-state index contributed by atoms with van der Waals surface area (Å²) in [5.74, 6) is 0. The van der Waals surface area contributed by atoms with Crippen molar-refractivity contribution in [3.8, 4) is 0 Å². The Balaban J connectivity index is 0. The molecule has 0 unspecified atom stereocenters. The molecular formula is C4H11Cl2ISi. The Morgan fingerprint density at radius 1 is 1.25 bits per heavy atom. The van der Waals surface area contributed by atoms with Gasteiger partial charge in [-0.15, -0.1) is 45.0 Å². The standard InChI is InChI=1S/C3H9ISi.CH2Cl2/c1-5(2,3)4;2-1-3/h1-3H3;1H2. The van der Waals surface area contributed by atoms with Crippen LogP contribution >= 0.6 is 45.0 Å². The summed E-state index contributed by atoms with van der Waals surface area (Å²) in [6.07, 6.45) is 0. The zero-order chi connectivity index (χ0) is 7.21. The molecule has 0 aliphatic heterocycles. The Morgan fingerprint density at radius 2 is 1.25 bits per heavy atom.